The van der Waals surface area contributed by atoms with Crippen LogP contribution in [0.15, 0.2) is 40.9 Å². The second-order valence-corrected chi connectivity index (χ2v) is 8.38. The summed E-state index contributed by atoms with van der Waals surface area (Å²) in [4.78, 5) is 16.6. The van der Waals surface area contributed by atoms with Gasteiger partial charge in [0.15, 0.2) is 5.84 Å². The molecule has 2 heterocycles. The molecule has 0 atom stereocenters. The van der Waals surface area contributed by atoms with Crippen molar-refractivity contribution >= 4 is 33.5 Å². The molecule has 1 aliphatic heterocycles. The zero-order chi connectivity index (χ0) is 21.2. The summed E-state index contributed by atoms with van der Waals surface area (Å²) in [6.45, 7) is 3.72. The Morgan fingerprint density at radius 3 is 2.79 bits per heavy atom. The number of nitrogens with zero attached hydrogens (tertiary/aromatic N) is 2. The van der Waals surface area contributed by atoms with Crippen LogP contribution in [0.25, 0.3) is 0 Å². The third-order valence-corrected chi connectivity index (χ3v) is 4.97. The number of pyridine rings is 1. The van der Waals surface area contributed by atoms with Gasteiger partial charge in [-0.15, -0.1) is 4.40 Å². The highest BCUT2D eigenvalue weighted by molar-refractivity contribution is 7.91. The molecule has 3 rings (SSSR count). The minimum absolute atomic E-state index is 0.110. The largest absolute Gasteiger partial charge is 0.490 e. The van der Waals surface area contributed by atoms with Crippen LogP contribution in [0.4, 0.5) is 11.5 Å². The van der Waals surface area contributed by atoms with Gasteiger partial charge in [0.25, 0.3) is 5.91 Å². The van der Waals surface area contributed by atoms with Gasteiger partial charge in [-0.3, -0.25) is 9.52 Å². The van der Waals surface area contributed by atoms with Gasteiger partial charge >= 0.3 is 10.2 Å². The van der Waals surface area contributed by atoms with Crippen LogP contribution >= 0.6 is 0 Å². The molecule has 0 unspecified atom stereocenters. The molecule has 0 fully saturated rings. The van der Waals surface area contributed by atoms with Gasteiger partial charge in [-0.1, -0.05) is 6.07 Å². The molecule has 29 heavy (non-hydrogen) atoms. The lowest BCUT2D eigenvalue weighted by atomic mass is 10.1. The van der Waals surface area contributed by atoms with Crippen LogP contribution in [0.1, 0.15) is 29.8 Å². The van der Waals surface area contributed by atoms with E-state index in [1.54, 1.807) is 57.4 Å². The number of aromatic nitrogens is 1. The minimum atomic E-state index is -3.87. The molecule has 1 aliphatic rings. The first-order valence-corrected chi connectivity index (χ1v) is 10.1. The maximum atomic E-state index is 12.6. The number of amidine groups is 1. The van der Waals surface area contributed by atoms with Gasteiger partial charge in [0.05, 0.1) is 16.8 Å². The van der Waals surface area contributed by atoms with Crippen LogP contribution in [0.3, 0.4) is 0 Å². The Hall–Kier alpha value is -3.34. The molecule has 0 spiro atoms. The van der Waals surface area contributed by atoms with Crippen LogP contribution in [0.5, 0.6) is 5.75 Å². The second kappa shape index (κ2) is 7.59. The average Bonchev–Trinajstić information content (AvgIpc) is 2.64. The van der Waals surface area contributed by atoms with Gasteiger partial charge in [-0.2, -0.15) is 8.42 Å². The highest BCUT2D eigenvalue weighted by Crippen LogP contribution is 2.30. The fraction of sp³-hybridized carbons (Fsp3) is 0.278. The first-order chi connectivity index (χ1) is 13.6. The monoisotopic (exact) mass is 418 g/mol. The molecule has 10 nitrogen and oxygen atoms in total. The summed E-state index contributed by atoms with van der Waals surface area (Å²) in [6.07, 6.45) is 1.55. The first-order valence-electron chi connectivity index (χ1n) is 8.71. The van der Waals surface area contributed by atoms with E-state index in [9.17, 15) is 13.2 Å². The smallest absolute Gasteiger partial charge is 0.344 e. The van der Waals surface area contributed by atoms with Crippen molar-refractivity contribution in [2.24, 2.45) is 10.1 Å². The molecule has 0 saturated carbocycles. The summed E-state index contributed by atoms with van der Waals surface area (Å²) in [6, 6.07) is 8.11. The predicted octanol–water partition coefficient (Wildman–Crippen LogP) is 1.09. The zero-order valence-corrected chi connectivity index (χ0v) is 17.0. The van der Waals surface area contributed by atoms with Crippen molar-refractivity contribution in [3.63, 3.8) is 0 Å². The van der Waals surface area contributed by atoms with Crippen LogP contribution < -0.4 is 25.8 Å². The quantitative estimate of drug-likeness (QED) is 0.549. The number of benzene rings is 1. The lowest BCUT2D eigenvalue weighted by Crippen LogP contribution is -2.48. The van der Waals surface area contributed by atoms with E-state index < -0.39 is 15.7 Å². The zero-order valence-electron chi connectivity index (χ0n) is 16.2. The van der Waals surface area contributed by atoms with E-state index in [1.807, 2.05) is 0 Å². The molecular formula is C18H22N6O4S. The lowest BCUT2D eigenvalue weighted by Gasteiger charge is -2.27. The number of nitrogens with one attached hydrogen (secondary N) is 3. The average molecular weight is 418 g/mol. The summed E-state index contributed by atoms with van der Waals surface area (Å²) in [5.41, 5.74) is 6.18. The van der Waals surface area contributed by atoms with E-state index in [2.05, 4.69) is 24.7 Å². The molecule has 0 aliphatic carbocycles. The molecule has 1 aromatic carbocycles. The third-order valence-electron chi connectivity index (χ3n) is 4.06. The Kier molecular flexibility index (Phi) is 5.33. The van der Waals surface area contributed by atoms with Crippen molar-refractivity contribution in [3.05, 3.63) is 47.7 Å². The summed E-state index contributed by atoms with van der Waals surface area (Å²) in [5, 5.41) is 5.79. The highest BCUT2D eigenvalue weighted by Gasteiger charge is 2.27. The second-order valence-electron chi connectivity index (χ2n) is 7.04. The molecule has 0 bridgehead atoms. The predicted molar refractivity (Wildman–Crippen MR) is 111 cm³/mol. The Balaban J connectivity index is 1.73. The molecular weight excluding hydrogens is 396 g/mol. The summed E-state index contributed by atoms with van der Waals surface area (Å²) < 4.78 is 35.0. The van der Waals surface area contributed by atoms with Crippen molar-refractivity contribution in [2.75, 3.05) is 23.7 Å². The van der Waals surface area contributed by atoms with Crippen LogP contribution in [-0.4, -0.2) is 44.3 Å². The number of fused-ring (bicyclic) bond motifs is 1. The maximum absolute atomic E-state index is 12.6. The van der Waals surface area contributed by atoms with Gasteiger partial charge in [-0.05, 0) is 38.1 Å². The van der Waals surface area contributed by atoms with Crippen molar-refractivity contribution in [2.45, 2.75) is 19.4 Å². The topological polar surface area (TPSA) is 148 Å². The third kappa shape index (κ3) is 4.74. The van der Waals surface area contributed by atoms with Crippen LogP contribution in [0, 0.1) is 0 Å². The number of hydrogen-bond acceptors (Lipinski definition) is 7. The van der Waals surface area contributed by atoms with Gasteiger partial charge in [0.2, 0.25) is 0 Å². The Bertz CT molecular complexity index is 1080. The number of ether oxygens (including phenoxy) is 1. The van der Waals surface area contributed by atoms with Gasteiger partial charge < -0.3 is 21.1 Å². The van der Waals surface area contributed by atoms with Gasteiger partial charge in [0, 0.05) is 18.8 Å². The van der Waals surface area contributed by atoms with E-state index in [0.717, 1.165) is 0 Å². The fourth-order valence-corrected chi connectivity index (χ4v) is 3.56. The number of hydrogen-bond donors (Lipinski definition) is 4. The number of anilines is 2. The van der Waals surface area contributed by atoms with Crippen LogP contribution in [0.2, 0.25) is 0 Å². The molecule has 1 aromatic heterocycles. The van der Waals surface area contributed by atoms with Gasteiger partial charge in [-0.25, -0.2) is 4.98 Å². The summed E-state index contributed by atoms with van der Waals surface area (Å²) in [7, 11) is -2.15. The fourth-order valence-electron chi connectivity index (χ4n) is 2.72. The lowest BCUT2D eigenvalue weighted by molar-refractivity contribution is 0.0880. The van der Waals surface area contributed by atoms with Crippen LogP contribution in [-0.2, 0) is 10.2 Å². The standard InChI is InChI=1S/C18H22N6O4S/c1-18(2,22-17(25)11-7-8-21-14(9-11)20-3)10-28-13-6-4-5-12-15(13)16(19)24-29(26,27)23-12/h4-9,23H,10H2,1-3H3,(H2,19,24)(H,20,21)(H,22,25). The normalized spacial score (nSPS) is 14.8. The molecule has 2 aromatic rings. The number of carbonyl (C=O) groups is 1. The Morgan fingerprint density at radius 1 is 1.31 bits per heavy atom. The molecule has 0 saturated heterocycles. The minimum Gasteiger partial charge on any atom is -0.490 e. The van der Waals surface area contributed by atoms with E-state index in [4.69, 9.17) is 10.5 Å². The van der Waals surface area contributed by atoms with E-state index in [-0.39, 0.29) is 24.0 Å². The van der Waals surface area contributed by atoms with Crippen molar-refractivity contribution in [1.29, 1.82) is 0 Å². The van der Waals surface area contributed by atoms with E-state index in [1.165, 1.54) is 0 Å². The number of amides is 1. The maximum Gasteiger partial charge on any atom is 0.344 e. The first kappa shape index (κ1) is 20.4. The summed E-state index contributed by atoms with van der Waals surface area (Å²) in [5.74, 6) is 0.503. The Morgan fingerprint density at radius 2 is 2.07 bits per heavy atom. The number of rotatable bonds is 6. The van der Waals surface area contributed by atoms with Crippen molar-refractivity contribution in [1.82, 2.24) is 10.3 Å². The van der Waals surface area contributed by atoms with E-state index >= 15 is 0 Å². The Labute approximate surface area is 168 Å². The molecule has 0 radical (unpaired) electrons. The SMILES string of the molecule is CNc1cc(C(=O)NC(C)(C)COc2cccc3c2C(N)=NS(=O)(=O)N3)ccn1. The van der Waals surface area contributed by atoms with Crippen molar-refractivity contribution < 1.29 is 17.9 Å². The number of nitrogens with two attached hydrogens (primary N) is 1. The van der Waals surface area contributed by atoms with Gasteiger partial charge in [0.1, 0.15) is 18.2 Å². The molecule has 11 heteroatoms. The summed E-state index contributed by atoms with van der Waals surface area (Å²) >= 11 is 0. The highest BCUT2D eigenvalue weighted by atomic mass is 32.2. The molecule has 1 amide bonds. The molecule has 154 valence electrons. The van der Waals surface area contributed by atoms with Crippen molar-refractivity contribution in [3.8, 4) is 5.75 Å². The number of carbonyl (C=O) groups excluding carboxylic acids is 1. The molecule has 5 N–H and O–H groups in total. The van der Waals surface area contributed by atoms with E-state index in [0.29, 0.717) is 22.7 Å².